The Labute approximate surface area is 97.0 Å². The standard InChI is InChI=1S/C7H12NO3.Y/c1-5(8-6(2)10)7(11)3-4-9;/h5,7,11H,3H2,1-2H3,(H,8,10);/q-1;+3. The van der Waals surface area contributed by atoms with Gasteiger partial charge in [-0.15, -0.1) is 6.42 Å². The van der Waals surface area contributed by atoms with Crippen molar-refractivity contribution >= 4 is 12.2 Å². The molecule has 4 nitrogen and oxygen atoms in total. The Kier molecular flexibility index (Phi) is 9.60. The summed E-state index contributed by atoms with van der Waals surface area (Å²) in [5.41, 5.74) is 0. The summed E-state index contributed by atoms with van der Waals surface area (Å²) >= 11 is 0. The molecule has 64 valence electrons. The van der Waals surface area contributed by atoms with Crippen molar-refractivity contribution in [1.82, 2.24) is 5.32 Å². The number of rotatable bonds is 4. The number of carbonyl (C=O) groups is 1. The first-order chi connectivity index (χ1) is 5.07. The molecule has 0 saturated carbocycles. The van der Waals surface area contributed by atoms with Crippen molar-refractivity contribution in [2.75, 3.05) is 0 Å². The summed E-state index contributed by atoms with van der Waals surface area (Å²) in [5, 5.41) is 11.5. The van der Waals surface area contributed by atoms with E-state index in [1.54, 1.807) is 13.2 Å². The molecule has 5 heteroatoms. The van der Waals surface area contributed by atoms with Gasteiger partial charge in [0.05, 0.1) is 6.10 Å². The molecule has 2 N–H and O–H groups in total. The molecule has 0 aliphatic carbocycles. The molecule has 12 heavy (non-hydrogen) atoms. The Balaban J connectivity index is 0. The zero-order valence-corrected chi connectivity index (χ0v) is 10.0. The van der Waals surface area contributed by atoms with Crippen LogP contribution in [0.4, 0.5) is 0 Å². The van der Waals surface area contributed by atoms with Gasteiger partial charge in [0.25, 0.3) is 0 Å². The molecule has 0 bridgehead atoms. The molecule has 0 aliphatic heterocycles. The zero-order chi connectivity index (χ0) is 8.85. The minimum Gasteiger partial charge on any atom is -0.542 e. The number of aliphatic hydroxyl groups excluding tert-OH is 1. The van der Waals surface area contributed by atoms with Gasteiger partial charge in [-0.3, -0.25) is 11.1 Å². The fourth-order valence-electron chi connectivity index (χ4n) is 0.679. The molecule has 0 fully saturated rings. The molecule has 0 rings (SSSR count). The third-order valence-electron chi connectivity index (χ3n) is 1.30. The fourth-order valence-corrected chi connectivity index (χ4v) is 0.679. The van der Waals surface area contributed by atoms with E-state index in [1.807, 2.05) is 0 Å². The van der Waals surface area contributed by atoms with Gasteiger partial charge in [0, 0.05) is 13.0 Å². The Hall–Kier alpha value is 0.204. The average Bonchev–Trinajstić information content (AvgIpc) is 1.86. The summed E-state index contributed by atoms with van der Waals surface area (Å²) in [6.45, 7) is 2.98. The molecule has 0 aromatic carbocycles. The summed E-state index contributed by atoms with van der Waals surface area (Å²) < 4.78 is 0. The maximum Gasteiger partial charge on any atom is 3.00 e. The van der Waals surface area contributed by atoms with Gasteiger partial charge in [0.2, 0.25) is 5.91 Å². The van der Waals surface area contributed by atoms with Crippen LogP contribution >= 0.6 is 0 Å². The number of carbonyl (C=O) groups excluding carboxylic acids is 2. The first-order valence-corrected chi connectivity index (χ1v) is 3.38. The van der Waals surface area contributed by atoms with Gasteiger partial charge in [-0.1, -0.05) is 0 Å². The van der Waals surface area contributed by atoms with Crippen LogP contribution in [0.3, 0.4) is 0 Å². The van der Waals surface area contributed by atoms with Crippen LogP contribution in [0.5, 0.6) is 0 Å². The predicted molar refractivity (Wildman–Crippen MR) is 39.6 cm³/mol. The molecule has 2 unspecified atom stereocenters. The van der Waals surface area contributed by atoms with Crippen molar-refractivity contribution in [3.63, 3.8) is 0 Å². The van der Waals surface area contributed by atoms with Gasteiger partial charge < -0.3 is 15.2 Å². The van der Waals surface area contributed by atoms with E-state index in [1.165, 1.54) is 6.92 Å². The molecule has 0 aromatic rings. The smallest absolute Gasteiger partial charge is 0.542 e. The summed E-state index contributed by atoms with van der Waals surface area (Å²) in [5.74, 6) is -0.220. The number of hydrogen-bond donors (Lipinski definition) is 2. The van der Waals surface area contributed by atoms with E-state index in [0.29, 0.717) is 0 Å². The third-order valence-corrected chi connectivity index (χ3v) is 1.30. The van der Waals surface area contributed by atoms with E-state index >= 15 is 0 Å². The van der Waals surface area contributed by atoms with Crippen LogP contribution in [-0.4, -0.2) is 29.4 Å². The van der Waals surface area contributed by atoms with Crippen LogP contribution in [0.15, 0.2) is 0 Å². The minimum absolute atomic E-state index is 0. The molecule has 0 saturated heterocycles. The summed E-state index contributed by atoms with van der Waals surface area (Å²) in [6, 6.07) is -0.394. The van der Waals surface area contributed by atoms with Crippen LogP contribution in [0.1, 0.15) is 20.3 Å². The summed E-state index contributed by atoms with van der Waals surface area (Å²) in [6.07, 6.45) is 0.666. The molecular weight excluding hydrogens is 235 g/mol. The number of aliphatic hydroxyl groups is 1. The van der Waals surface area contributed by atoms with Crippen molar-refractivity contribution in [2.24, 2.45) is 0 Å². The summed E-state index contributed by atoms with van der Waals surface area (Å²) in [4.78, 5) is 20.2. The second-order valence-electron chi connectivity index (χ2n) is 2.41. The maximum atomic E-state index is 10.4. The Bertz CT molecular complexity index is 152. The SMILES string of the molecule is CC(=O)NC(C)C(O)C[C-]=O.[Y+3]. The first kappa shape index (κ1) is 14.7. The van der Waals surface area contributed by atoms with E-state index < -0.39 is 12.1 Å². The predicted octanol–water partition coefficient (Wildman–Crippen LogP) is -0.631. The van der Waals surface area contributed by atoms with Crippen LogP contribution in [0.2, 0.25) is 0 Å². The second kappa shape index (κ2) is 7.83. The van der Waals surface area contributed by atoms with Gasteiger partial charge in [-0.2, -0.15) is 0 Å². The largest absolute Gasteiger partial charge is 3.00 e. The van der Waals surface area contributed by atoms with Crippen molar-refractivity contribution in [1.29, 1.82) is 0 Å². The van der Waals surface area contributed by atoms with Crippen molar-refractivity contribution in [2.45, 2.75) is 32.4 Å². The molecule has 0 aromatic heterocycles. The van der Waals surface area contributed by atoms with E-state index in [2.05, 4.69) is 5.32 Å². The van der Waals surface area contributed by atoms with E-state index in [0.717, 1.165) is 0 Å². The number of nitrogens with one attached hydrogen (secondary N) is 1. The van der Waals surface area contributed by atoms with Crippen LogP contribution in [0, 0.1) is 0 Å². The van der Waals surface area contributed by atoms with Crippen LogP contribution in [0.25, 0.3) is 0 Å². The van der Waals surface area contributed by atoms with E-state index in [4.69, 9.17) is 5.11 Å². The van der Waals surface area contributed by atoms with Gasteiger partial charge in [-0.05, 0) is 6.92 Å². The normalized spacial score (nSPS) is 13.9. The minimum atomic E-state index is -0.837. The van der Waals surface area contributed by atoms with Gasteiger partial charge in [0.15, 0.2) is 0 Å². The monoisotopic (exact) mass is 247 g/mol. The van der Waals surface area contributed by atoms with Gasteiger partial charge >= 0.3 is 32.7 Å². The third kappa shape index (κ3) is 6.89. The average molecular weight is 247 g/mol. The Morgan fingerprint density at radius 3 is 2.50 bits per heavy atom. The fraction of sp³-hybridized carbons (Fsp3) is 0.714. The second-order valence-corrected chi connectivity index (χ2v) is 2.41. The van der Waals surface area contributed by atoms with Gasteiger partial charge in [0.1, 0.15) is 0 Å². The molecule has 0 aliphatic rings. The van der Waals surface area contributed by atoms with E-state index in [-0.39, 0.29) is 45.0 Å². The first-order valence-electron chi connectivity index (χ1n) is 3.38. The number of hydrogen-bond acceptors (Lipinski definition) is 3. The molecule has 2 atom stereocenters. The molecule has 0 radical (unpaired) electrons. The molecule has 1 amide bonds. The quantitative estimate of drug-likeness (QED) is 0.650. The number of amides is 1. The van der Waals surface area contributed by atoms with Crippen LogP contribution in [-0.2, 0) is 42.3 Å². The van der Waals surface area contributed by atoms with Crippen molar-refractivity contribution in [3.05, 3.63) is 0 Å². The van der Waals surface area contributed by atoms with E-state index in [9.17, 15) is 9.59 Å². The molecule has 0 heterocycles. The Morgan fingerprint density at radius 2 is 2.17 bits per heavy atom. The van der Waals surface area contributed by atoms with Crippen molar-refractivity contribution in [3.8, 4) is 0 Å². The topological polar surface area (TPSA) is 66.4 Å². The van der Waals surface area contributed by atoms with Gasteiger partial charge in [-0.25, -0.2) is 0 Å². The molecular formula is C7H12NO3Y+2. The summed E-state index contributed by atoms with van der Waals surface area (Å²) in [7, 11) is 0. The Morgan fingerprint density at radius 1 is 1.67 bits per heavy atom. The zero-order valence-electron chi connectivity index (χ0n) is 7.20. The molecule has 0 spiro atoms. The van der Waals surface area contributed by atoms with Crippen molar-refractivity contribution < 1.29 is 47.4 Å². The maximum absolute atomic E-state index is 10.4. The van der Waals surface area contributed by atoms with Crippen LogP contribution < -0.4 is 5.32 Å².